The monoisotopic (exact) mass is 431 g/mol. The lowest BCUT2D eigenvalue weighted by molar-refractivity contribution is 0.0543. The summed E-state index contributed by atoms with van der Waals surface area (Å²) in [5, 5.41) is 9.93. The average molecular weight is 432 g/mol. The predicted octanol–water partition coefficient (Wildman–Crippen LogP) is 6.35. The van der Waals surface area contributed by atoms with Crippen LogP contribution >= 0.6 is 0 Å². The van der Waals surface area contributed by atoms with Crippen molar-refractivity contribution in [3.05, 3.63) is 47.9 Å². The molecule has 4 nitrogen and oxygen atoms in total. The number of pyridine rings is 1. The molecule has 2 rings (SSSR count). The number of unbranched alkanes of at least 4 members (excludes halogenated alkanes) is 5. The van der Waals surface area contributed by atoms with Crippen molar-refractivity contribution >= 4 is 0 Å². The van der Waals surface area contributed by atoms with Crippen LogP contribution in [-0.4, -0.2) is 36.0 Å². The molecule has 1 unspecified atom stereocenters. The molecular formula is C26H38FNO3. The van der Waals surface area contributed by atoms with Gasteiger partial charge in [0.05, 0.1) is 11.8 Å². The first-order valence-electron chi connectivity index (χ1n) is 11.8. The van der Waals surface area contributed by atoms with Gasteiger partial charge in [0.15, 0.2) is 5.75 Å². The molecule has 0 aliphatic heterocycles. The number of aryl methyl sites for hydroxylation is 1. The number of hydrogen-bond donors (Lipinski definition) is 1. The topological polar surface area (TPSA) is 51.6 Å². The van der Waals surface area contributed by atoms with E-state index in [0.717, 1.165) is 18.4 Å². The Morgan fingerprint density at radius 2 is 1.65 bits per heavy atom. The summed E-state index contributed by atoms with van der Waals surface area (Å²) in [7, 11) is 0. The quantitative estimate of drug-likeness (QED) is 0.249. The van der Waals surface area contributed by atoms with E-state index in [0.29, 0.717) is 25.3 Å². The van der Waals surface area contributed by atoms with Crippen molar-refractivity contribution in [2.24, 2.45) is 0 Å². The van der Waals surface area contributed by atoms with Gasteiger partial charge in [-0.2, -0.15) is 4.39 Å². The van der Waals surface area contributed by atoms with Crippen LogP contribution in [0.3, 0.4) is 0 Å². The van der Waals surface area contributed by atoms with Crippen molar-refractivity contribution in [1.82, 2.24) is 4.98 Å². The van der Waals surface area contributed by atoms with Crippen LogP contribution in [0, 0.1) is 5.95 Å². The summed E-state index contributed by atoms with van der Waals surface area (Å²) < 4.78 is 25.1. The number of aliphatic hydroxyl groups excluding tert-OH is 1. The van der Waals surface area contributed by atoms with E-state index < -0.39 is 12.1 Å². The highest BCUT2D eigenvalue weighted by atomic mass is 19.1. The maximum Gasteiger partial charge on any atom is 0.255 e. The normalized spacial score (nSPS) is 12.1. The van der Waals surface area contributed by atoms with Gasteiger partial charge in [-0.1, -0.05) is 70.2 Å². The van der Waals surface area contributed by atoms with Gasteiger partial charge in [0.25, 0.3) is 5.95 Å². The SMILES string of the molecule is CCCCCCCCc1ccc(-c2ccc(OCC(O)CCOCCC)c(F)n2)cc1. The van der Waals surface area contributed by atoms with Crippen LogP contribution < -0.4 is 4.74 Å². The smallest absolute Gasteiger partial charge is 0.255 e. The third-order valence-electron chi connectivity index (χ3n) is 5.26. The van der Waals surface area contributed by atoms with Gasteiger partial charge in [0.1, 0.15) is 6.61 Å². The second-order valence-corrected chi connectivity index (χ2v) is 8.07. The van der Waals surface area contributed by atoms with Crippen molar-refractivity contribution < 1.29 is 19.0 Å². The molecule has 1 heterocycles. The highest BCUT2D eigenvalue weighted by Crippen LogP contribution is 2.23. The average Bonchev–Trinajstić information content (AvgIpc) is 2.78. The zero-order chi connectivity index (χ0) is 22.3. The number of benzene rings is 1. The maximum atomic E-state index is 14.4. The van der Waals surface area contributed by atoms with Gasteiger partial charge in [-0.15, -0.1) is 0 Å². The summed E-state index contributed by atoms with van der Waals surface area (Å²) >= 11 is 0. The van der Waals surface area contributed by atoms with Crippen LogP contribution in [0.1, 0.15) is 70.8 Å². The molecule has 1 aromatic heterocycles. The minimum absolute atomic E-state index is 0.0145. The van der Waals surface area contributed by atoms with Crippen LogP contribution in [0.5, 0.6) is 5.75 Å². The summed E-state index contributed by atoms with van der Waals surface area (Å²) in [4.78, 5) is 4.04. The number of aliphatic hydroxyl groups is 1. The van der Waals surface area contributed by atoms with Crippen LogP contribution in [0.25, 0.3) is 11.3 Å². The Morgan fingerprint density at radius 1 is 0.903 bits per heavy atom. The highest BCUT2D eigenvalue weighted by molar-refractivity contribution is 5.59. The van der Waals surface area contributed by atoms with E-state index in [1.54, 1.807) is 12.1 Å². The van der Waals surface area contributed by atoms with Gasteiger partial charge in [-0.25, -0.2) is 4.98 Å². The van der Waals surface area contributed by atoms with Gasteiger partial charge >= 0.3 is 0 Å². The van der Waals surface area contributed by atoms with Crippen molar-refractivity contribution in [2.75, 3.05) is 19.8 Å². The Labute approximate surface area is 186 Å². The first-order valence-corrected chi connectivity index (χ1v) is 11.8. The minimum atomic E-state index is -0.699. The second kappa shape index (κ2) is 14.9. The largest absolute Gasteiger partial charge is 0.486 e. The molecule has 1 aromatic carbocycles. The molecule has 1 N–H and O–H groups in total. The lowest BCUT2D eigenvalue weighted by Gasteiger charge is -2.13. The Balaban J connectivity index is 1.79. The van der Waals surface area contributed by atoms with Crippen LogP contribution in [-0.2, 0) is 11.2 Å². The third kappa shape index (κ3) is 9.79. The van der Waals surface area contributed by atoms with Gasteiger partial charge < -0.3 is 14.6 Å². The number of hydrogen-bond acceptors (Lipinski definition) is 4. The molecule has 0 spiro atoms. The minimum Gasteiger partial charge on any atom is -0.486 e. The predicted molar refractivity (Wildman–Crippen MR) is 124 cm³/mol. The number of aromatic nitrogens is 1. The van der Waals surface area contributed by atoms with E-state index in [9.17, 15) is 9.50 Å². The van der Waals surface area contributed by atoms with E-state index in [1.165, 1.54) is 44.1 Å². The summed E-state index contributed by atoms with van der Waals surface area (Å²) in [6, 6.07) is 11.5. The number of rotatable bonds is 16. The molecule has 0 saturated carbocycles. The van der Waals surface area contributed by atoms with Crippen molar-refractivity contribution in [3.63, 3.8) is 0 Å². The molecule has 0 bridgehead atoms. The lowest BCUT2D eigenvalue weighted by atomic mass is 10.0. The van der Waals surface area contributed by atoms with Gasteiger partial charge in [0, 0.05) is 18.8 Å². The van der Waals surface area contributed by atoms with Gasteiger partial charge in [-0.3, -0.25) is 0 Å². The zero-order valence-electron chi connectivity index (χ0n) is 19.1. The van der Waals surface area contributed by atoms with E-state index in [2.05, 4.69) is 24.0 Å². The molecule has 172 valence electrons. The van der Waals surface area contributed by atoms with Crippen molar-refractivity contribution in [3.8, 4) is 17.0 Å². The molecular weight excluding hydrogens is 393 g/mol. The Bertz CT molecular complexity index is 736. The van der Waals surface area contributed by atoms with E-state index in [-0.39, 0.29) is 12.4 Å². The number of nitrogens with zero attached hydrogens (tertiary/aromatic N) is 1. The summed E-state index contributed by atoms with van der Waals surface area (Å²) in [5.41, 5.74) is 2.76. The maximum absolute atomic E-state index is 14.4. The fourth-order valence-electron chi connectivity index (χ4n) is 3.38. The highest BCUT2D eigenvalue weighted by Gasteiger charge is 2.11. The first-order chi connectivity index (χ1) is 15.1. The second-order valence-electron chi connectivity index (χ2n) is 8.07. The molecule has 5 heteroatoms. The van der Waals surface area contributed by atoms with Gasteiger partial charge in [0.2, 0.25) is 0 Å². The molecule has 1 atom stereocenters. The van der Waals surface area contributed by atoms with Crippen molar-refractivity contribution in [2.45, 2.75) is 77.7 Å². The summed E-state index contributed by atoms with van der Waals surface area (Å²) in [5.74, 6) is -0.611. The zero-order valence-corrected chi connectivity index (χ0v) is 19.1. The van der Waals surface area contributed by atoms with Crippen molar-refractivity contribution in [1.29, 1.82) is 0 Å². The van der Waals surface area contributed by atoms with Crippen LogP contribution in [0.4, 0.5) is 4.39 Å². The fourth-order valence-corrected chi connectivity index (χ4v) is 3.38. The molecule has 0 radical (unpaired) electrons. The van der Waals surface area contributed by atoms with E-state index >= 15 is 0 Å². The Morgan fingerprint density at radius 3 is 2.35 bits per heavy atom. The first kappa shape index (κ1) is 25.3. The molecule has 0 aliphatic rings. The number of ether oxygens (including phenoxy) is 2. The Kier molecular flexibility index (Phi) is 12.2. The number of halogens is 1. The van der Waals surface area contributed by atoms with Crippen LogP contribution in [0.2, 0.25) is 0 Å². The summed E-state index contributed by atoms with van der Waals surface area (Å²) in [6.45, 7) is 5.42. The molecule has 31 heavy (non-hydrogen) atoms. The van der Waals surface area contributed by atoms with E-state index in [4.69, 9.17) is 9.47 Å². The van der Waals surface area contributed by atoms with E-state index in [1.807, 2.05) is 19.1 Å². The lowest BCUT2D eigenvalue weighted by Crippen LogP contribution is -2.20. The molecule has 0 amide bonds. The Hall–Kier alpha value is -1.98. The molecule has 0 fully saturated rings. The molecule has 2 aromatic rings. The molecule has 0 saturated heterocycles. The van der Waals surface area contributed by atoms with Gasteiger partial charge in [-0.05, 0) is 43.4 Å². The standard InChI is InChI=1S/C26H38FNO3/c1-3-5-6-7-8-9-10-21-11-13-22(14-12-21)24-15-16-25(26(27)28-24)31-20-23(29)17-19-30-18-4-2/h11-16,23,29H,3-10,17-20H2,1-2H3. The third-order valence-corrected chi connectivity index (χ3v) is 5.26. The van der Waals surface area contributed by atoms with Crippen LogP contribution in [0.15, 0.2) is 36.4 Å². The summed E-state index contributed by atoms with van der Waals surface area (Å²) in [6.07, 6.45) is 9.51. The molecule has 0 aliphatic carbocycles. The fraction of sp³-hybridized carbons (Fsp3) is 0.577.